The number of halogens is 1. The van der Waals surface area contributed by atoms with E-state index in [2.05, 4.69) is 0 Å². The number of rotatable bonds is 2. The van der Waals surface area contributed by atoms with Crippen molar-refractivity contribution in [3.63, 3.8) is 0 Å². The highest BCUT2D eigenvalue weighted by atomic mass is 35.5. The van der Waals surface area contributed by atoms with Crippen LogP contribution in [0.25, 0.3) is 0 Å². The van der Waals surface area contributed by atoms with Crippen molar-refractivity contribution >= 4 is 17.7 Å². The first-order valence-corrected chi connectivity index (χ1v) is 5.56. The molecule has 3 nitrogen and oxygen atoms in total. The van der Waals surface area contributed by atoms with Crippen LogP contribution in [0, 0.1) is 0 Å². The summed E-state index contributed by atoms with van der Waals surface area (Å²) in [5.74, 6) is 0. The van der Waals surface area contributed by atoms with Crippen LogP contribution in [0.1, 0.15) is 19.4 Å². The number of amides is 1. The van der Waals surface area contributed by atoms with Crippen LogP contribution in [0.4, 0.5) is 4.79 Å². The fourth-order valence-electron chi connectivity index (χ4n) is 1.69. The lowest BCUT2D eigenvalue weighted by molar-refractivity contribution is 0.152. The predicted molar refractivity (Wildman–Crippen MR) is 62.4 cm³/mol. The zero-order valence-electron chi connectivity index (χ0n) is 9.37. The van der Waals surface area contributed by atoms with Gasteiger partial charge in [0.05, 0.1) is 5.54 Å². The van der Waals surface area contributed by atoms with Crippen molar-refractivity contribution in [3.05, 3.63) is 34.9 Å². The van der Waals surface area contributed by atoms with Gasteiger partial charge in [0.15, 0.2) is 0 Å². The van der Waals surface area contributed by atoms with E-state index in [1.54, 1.807) is 4.90 Å². The van der Waals surface area contributed by atoms with Gasteiger partial charge >= 0.3 is 6.09 Å². The minimum Gasteiger partial charge on any atom is -0.447 e. The highest BCUT2D eigenvalue weighted by Crippen LogP contribution is 2.25. The molecule has 1 aromatic rings. The molecule has 1 fully saturated rings. The first kappa shape index (κ1) is 11.3. The summed E-state index contributed by atoms with van der Waals surface area (Å²) in [5.41, 5.74) is 0.813. The molecule has 86 valence electrons. The van der Waals surface area contributed by atoms with Gasteiger partial charge in [-0.1, -0.05) is 23.7 Å². The second kappa shape index (κ2) is 3.98. The van der Waals surface area contributed by atoms with Crippen LogP contribution in [0.2, 0.25) is 5.02 Å². The highest BCUT2D eigenvalue weighted by Gasteiger charge is 2.39. The molecule has 0 bridgehead atoms. The van der Waals surface area contributed by atoms with Crippen LogP contribution in [-0.2, 0) is 11.3 Å². The van der Waals surface area contributed by atoms with Crippen LogP contribution >= 0.6 is 11.6 Å². The Balaban J connectivity index is 2.15. The molecule has 0 spiro atoms. The molecule has 4 heteroatoms. The summed E-state index contributed by atoms with van der Waals surface area (Å²) in [5, 5.41) is 0.701. The van der Waals surface area contributed by atoms with Gasteiger partial charge in [0.2, 0.25) is 0 Å². The quantitative estimate of drug-likeness (QED) is 0.794. The summed E-state index contributed by atoms with van der Waals surface area (Å²) in [7, 11) is 0. The van der Waals surface area contributed by atoms with Crippen LogP contribution in [-0.4, -0.2) is 23.1 Å². The molecule has 1 aliphatic rings. The van der Waals surface area contributed by atoms with Crippen molar-refractivity contribution in [2.45, 2.75) is 25.9 Å². The van der Waals surface area contributed by atoms with Crippen LogP contribution < -0.4 is 0 Å². The molecule has 0 aliphatic carbocycles. The van der Waals surface area contributed by atoms with Crippen LogP contribution in [0.3, 0.4) is 0 Å². The van der Waals surface area contributed by atoms with Gasteiger partial charge in [-0.25, -0.2) is 4.79 Å². The summed E-state index contributed by atoms with van der Waals surface area (Å²) in [6.45, 7) is 4.99. The molecule has 0 N–H and O–H groups in total. The van der Waals surface area contributed by atoms with Crippen molar-refractivity contribution in [3.8, 4) is 0 Å². The van der Waals surface area contributed by atoms with Crippen molar-refractivity contribution in [1.29, 1.82) is 0 Å². The summed E-state index contributed by atoms with van der Waals surface area (Å²) in [4.78, 5) is 13.3. The van der Waals surface area contributed by atoms with E-state index in [1.807, 2.05) is 38.1 Å². The van der Waals surface area contributed by atoms with E-state index in [9.17, 15) is 4.79 Å². The number of carbonyl (C=O) groups is 1. The maximum absolute atomic E-state index is 11.5. The van der Waals surface area contributed by atoms with Crippen molar-refractivity contribution < 1.29 is 9.53 Å². The number of nitrogens with zero attached hydrogens (tertiary/aromatic N) is 1. The minimum absolute atomic E-state index is 0.239. The van der Waals surface area contributed by atoms with Gasteiger partial charge in [0.25, 0.3) is 0 Å². The van der Waals surface area contributed by atoms with Gasteiger partial charge in [-0.2, -0.15) is 0 Å². The van der Waals surface area contributed by atoms with Crippen molar-refractivity contribution in [2.24, 2.45) is 0 Å². The average Bonchev–Trinajstić information content (AvgIpc) is 2.48. The maximum Gasteiger partial charge on any atom is 0.410 e. The predicted octanol–water partition coefficient (Wildman–Crippen LogP) is 3.07. The topological polar surface area (TPSA) is 29.5 Å². The van der Waals surface area contributed by atoms with E-state index in [1.165, 1.54) is 0 Å². The Hall–Kier alpha value is -1.22. The first-order valence-electron chi connectivity index (χ1n) is 5.18. The number of hydrogen-bond acceptors (Lipinski definition) is 2. The Morgan fingerprint density at radius 2 is 2.00 bits per heavy atom. The van der Waals surface area contributed by atoms with Crippen molar-refractivity contribution in [2.75, 3.05) is 6.61 Å². The smallest absolute Gasteiger partial charge is 0.410 e. The molecule has 16 heavy (non-hydrogen) atoms. The average molecular weight is 240 g/mol. The Labute approximate surface area is 100.0 Å². The molecule has 0 atom stereocenters. The lowest BCUT2D eigenvalue weighted by Crippen LogP contribution is -2.41. The van der Waals surface area contributed by atoms with E-state index in [-0.39, 0.29) is 11.6 Å². The first-order chi connectivity index (χ1) is 7.49. The molecule has 1 heterocycles. The van der Waals surface area contributed by atoms with Gasteiger partial charge in [-0.3, -0.25) is 4.90 Å². The summed E-state index contributed by atoms with van der Waals surface area (Å²) < 4.78 is 5.04. The standard InChI is InChI=1S/C12H14ClNO2/c1-12(2)8-16-11(15)14(12)7-9-3-5-10(13)6-4-9/h3-6H,7-8H2,1-2H3. The molecular formula is C12H14ClNO2. The fourth-order valence-corrected chi connectivity index (χ4v) is 1.82. The number of benzene rings is 1. The Morgan fingerprint density at radius 1 is 1.38 bits per heavy atom. The molecule has 1 amide bonds. The number of hydrogen-bond donors (Lipinski definition) is 0. The second-order valence-corrected chi connectivity index (χ2v) is 5.02. The Bertz CT molecular complexity index is 400. The van der Waals surface area contributed by atoms with E-state index in [0.29, 0.717) is 18.2 Å². The number of ether oxygens (including phenoxy) is 1. The molecule has 0 aromatic heterocycles. The monoisotopic (exact) mass is 239 g/mol. The summed E-state index contributed by atoms with van der Waals surface area (Å²) >= 11 is 5.81. The maximum atomic E-state index is 11.5. The van der Waals surface area contributed by atoms with Gasteiger partial charge in [-0.05, 0) is 31.5 Å². The molecule has 1 aromatic carbocycles. The molecule has 1 saturated heterocycles. The summed E-state index contributed by atoms with van der Waals surface area (Å²) in [6, 6.07) is 7.49. The van der Waals surface area contributed by atoms with Gasteiger partial charge in [0, 0.05) is 11.6 Å². The third-order valence-corrected chi connectivity index (χ3v) is 3.01. The van der Waals surface area contributed by atoms with E-state index in [0.717, 1.165) is 5.56 Å². The minimum atomic E-state index is -0.250. The fraction of sp³-hybridized carbons (Fsp3) is 0.417. The van der Waals surface area contributed by atoms with Gasteiger partial charge in [0.1, 0.15) is 6.61 Å². The van der Waals surface area contributed by atoms with Gasteiger partial charge in [-0.15, -0.1) is 0 Å². The lowest BCUT2D eigenvalue weighted by Gasteiger charge is -2.27. The van der Waals surface area contributed by atoms with Crippen LogP contribution in [0.15, 0.2) is 24.3 Å². The van der Waals surface area contributed by atoms with E-state index >= 15 is 0 Å². The zero-order valence-corrected chi connectivity index (χ0v) is 10.1. The molecule has 0 radical (unpaired) electrons. The number of cyclic esters (lactones) is 1. The third-order valence-electron chi connectivity index (χ3n) is 2.75. The van der Waals surface area contributed by atoms with Crippen molar-refractivity contribution in [1.82, 2.24) is 4.90 Å². The Kier molecular flexibility index (Phi) is 2.80. The van der Waals surface area contributed by atoms with E-state index < -0.39 is 0 Å². The molecule has 0 unspecified atom stereocenters. The molecular weight excluding hydrogens is 226 g/mol. The largest absolute Gasteiger partial charge is 0.447 e. The highest BCUT2D eigenvalue weighted by molar-refractivity contribution is 6.30. The summed E-state index contributed by atoms with van der Waals surface area (Å²) in [6.07, 6.45) is -0.250. The molecule has 2 rings (SSSR count). The second-order valence-electron chi connectivity index (χ2n) is 4.58. The zero-order chi connectivity index (χ0) is 11.8. The normalized spacial score (nSPS) is 18.7. The third kappa shape index (κ3) is 2.14. The van der Waals surface area contributed by atoms with Gasteiger partial charge < -0.3 is 4.74 Å². The van der Waals surface area contributed by atoms with Crippen LogP contribution in [0.5, 0.6) is 0 Å². The number of carbonyl (C=O) groups excluding carboxylic acids is 1. The SMILES string of the molecule is CC1(C)COC(=O)N1Cc1ccc(Cl)cc1. The Morgan fingerprint density at radius 3 is 2.50 bits per heavy atom. The lowest BCUT2D eigenvalue weighted by atomic mass is 10.1. The molecule has 1 aliphatic heterocycles. The molecule has 0 saturated carbocycles. The van der Waals surface area contributed by atoms with E-state index in [4.69, 9.17) is 16.3 Å².